The Morgan fingerprint density at radius 2 is 2.21 bits per heavy atom. The van der Waals surface area contributed by atoms with Crippen LogP contribution < -0.4 is 5.32 Å². The van der Waals surface area contributed by atoms with Gasteiger partial charge in [-0.1, -0.05) is 6.07 Å². The van der Waals surface area contributed by atoms with Crippen LogP contribution in [0.4, 0.5) is 5.82 Å². The molecule has 0 spiro atoms. The Hall–Kier alpha value is -2.87. The second kappa shape index (κ2) is 4.78. The van der Waals surface area contributed by atoms with E-state index in [0.717, 1.165) is 17.2 Å². The van der Waals surface area contributed by atoms with E-state index in [-0.39, 0.29) is 0 Å². The first-order valence-electron chi connectivity index (χ1n) is 5.88. The summed E-state index contributed by atoms with van der Waals surface area (Å²) in [5.74, 6) is 0.732. The number of hydrogen-bond donors (Lipinski definition) is 1. The summed E-state index contributed by atoms with van der Waals surface area (Å²) in [7, 11) is 0. The zero-order valence-corrected chi connectivity index (χ0v) is 10.1. The van der Waals surface area contributed by atoms with Gasteiger partial charge in [-0.15, -0.1) is 0 Å². The maximum absolute atomic E-state index is 8.69. The van der Waals surface area contributed by atoms with Crippen molar-refractivity contribution in [3.8, 4) is 6.07 Å². The van der Waals surface area contributed by atoms with Crippen LogP contribution >= 0.6 is 0 Å². The molecule has 92 valence electrons. The minimum atomic E-state index is 0.554. The third-order valence-corrected chi connectivity index (χ3v) is 2.76. The molecule has 0 atom stereocenters. The standard InChI is InChI=1S/C14H11N5/c15-7-11-4-5-13(16-8-11)17-9-12-10-19-6-2-1-3-14(19)18-12/h1-6,8,10H,9H2,(H,16,17). The lowest BCUT2D eigenvalue weighted by Crippen LogP contribution is -2.01. The van der Waals surface area contributed by atoms with E-state index in [2.05, 4.69) is 15.3 Å². The summed E-state index contributed by atoms with van der Waals surface area (Å²) in [5, 5.41) is 11.9. The molecule has 0 amide bonds. The third-order valence-electron chi connectivity index (χ3n) is 2.76. The van der Waals surface area contributed by atoms with Crippen LogP contribution in [0.1, 0.15) is 11.3 Å². The highest BCUT2D eigenvalue weighted by Crippen LogP contribution is 2.08. The Morgan fingerprint density at radius 3 is 2.95 bits per heavy atom. The smallest absolute Gasteiger partial charge is 0.137 e. The fourth-order valence-corrected chi connectivity index (χ4v) is 1.82. The van der Waals surface area contributed by atoms with E-state index in [9.17, 15) is 0 Å². The van der Waals surface area contributed by atoms with E-state index in [1.807, 2.05) is 41.1 Å². The maximum atomic E-state index is 8.69. The molecular weight excluding hydrogens is 238 g/mol. The van der Waals surface area contributed by atoms with E-state index < -0.39 is 0 Å². The molecule has 5 heteroatoms. The van der Waals surface area contributed by atoms with Crippen LogP contribution in [0.2, 0.25) is 0 Å². The minimum absolute atomic E-state index is 0.554. The molecule has 0 aliphatic rings. The summed E-state index contributed by atoms with van der Waals surface area (Å²) >= 11 is 0. The average molecular weight is 249 g/mol. The molecule has 0 saturated heterocycles. The molecule has 5 nitrogen and oxygen atoms in total. The topological polar surface area (TPSA) is 66.0 Å². The van der Waals surface area contributed by atoms with E-state index >= 15 is 0 Å². The summed E-state index contributed by atoms with van der Waals surface area (Å²) in [5.41, 5.74) is 2.42. The molecule has 3 heterocycles. The monoisotopic (exact) mass is 249 g/mol. The Kier molecular flexibility index (Phi) is 2.83. The van der Waals surface area contributed by atoms with Crippen molar-refractivity contribution >= 4 is 11.5 Å². The van der Waals surface area contributed by atoms with E-state index in [1.165, 1.54) is 0 Å². The SMILES string of the molecule is N#Cc1ccc(NCc2cn3ccccc3n2)nc1. The number of hydrogen-bond acceptors (Lipinski definition) is 4. The first-order chi connectivity index (χ1) is 9.35. The minimum Gasteiger partial charge on any atom is -0.364 e. The number of nitriles is 1. The van der Waals surface area contributed by atoms with Crippen LogP contribution in [0.5, 0.6) is 0 Å². The van der Waals surface area contributed by atoms with Crippen molar-refractivity contribution in [3.05, 3.63) is 60.2 Å². The number of nitrogens with zero attached hydrogens (tertiary/aromatic N) is 4. The zero-order valence-electron chi connectivity index (χ0n) is 10.1. The molecule has 0 unspecified atom stereocenters. The van der Waals surface area contributed by atoms with Gasteiger partial charge in [0.05, 0.1) is 17.8 Å². The van der Waals surface area contributed by atoms with Gasteiger partial charge in [-0.05, 0) is 24.3 Å². The van der Waals surface area contributed by atoms with E-state index in [1.54, 1.807) is 18.3 Å². The lowest BCUT2D eigenvalue weighted by molar-refractivity contribution is 1.06. The lowest BCUT2D eigenvalue weighted by atomic mass is 10.3. The van der Waals surface area contributed by atoms with E-state index in [4.69, 9.17) is 5.26 Å². The van der Waals surface area contributed by atoms with Crippen molar-refractivity contribution in [2.45, 2.75) is 6.54 Å². The largest absolute Gasteiger partial charge is 0.364 e. The first kappa shape index (κ1) is 11.2. The van der Waals surface area contributed by atoms with Gasteiger partial charge in [0, 0.05) is 18.6 Å². The van der Waals surface area contributed by atoms with Crippen LogP contribution in [-0.4, -0.2) is 14.4 Å². The molecule has 1 N–H and O–H groups in total. The number of rotatable bonds is 3. The quantitative estimate of drug-likeness (QED) is 0.772. The maximum Gasteiger partial charge on any atom is 0.137 e. The molecule has 3 aromatic rings. The molecule has 0 bridgehead atoms. The second-order valence-electron chi connectivity index (χ2n) is 4.10. The van der Waals surface area contributed by atoms with Crippen molar-refractivity contribution in [2.75, 3.05) is 5.32 Å². The molecule has 0 aromatic carbocycles. The van der Waals surface area contributed by atoms with Crippen molar-refractivity contribution in [1.29, 1.82) is 5.26 Å². The highest BCUT2D eigenvalue weighted by Gasteiger charge is 2.01. The summed E-state index contributed by atoms with van der Waals surface area (Å²) < 4.78 is 1.98. The van der Waals surface area contributed by atoms with Crippen molar-refractivity contribution < 1.29 is 0 Å². The Morgan fingerprint density at radius 1 is 1.26 bits per heavy atom. The predicted molar refractivity (Wildman–Crippen MR) is 71.5 cm³/mol. The van der Waals surface area contributed by atoms with Gasteiger partial charge in [-0.25, -0.2) is 9.97 Å². The van der Waals surface area contributed by atoms with Crippen LogP contribution in [0.3, 0.4) is 0 Å². The molecule has 0 aliphatic heterocycles. The zero-order chi connectivity index (χ0) is 13.1. The molecule has 3 rings (SSSR count). The van der Waals surface area contributed by atoms with Gasteiger partial charge < -0.3 is 9.72 Å². The predicted octanol–water partition coefficient (Wildman–Crippen LogP) is 2.21. The van der Waals surface area contributed by atoms with Crippen molar-refractivity contribution in [1.82, 2.24) is 14.4 Å². The first-order valence-corrected chi connectivity index (χ1v) is 5.88. The van der Waals surface area contributed by atoms with Crippen molar-refractivity contribution in [3.63, 3.8) is 0 Å². The van der Waals surface area contributed by atoms with Gasteiger partial charge in [-0.3, -0.25) is 0 Å². The average Bonchev–Trinajstić information content (AvgIpc) is 2.88. The van der Waals surface area contributed by atoms with Gasteiger partial charge in [0.25, 0.3) is 0 Å². The summed E-state index contributed by atoms with van der Waals surface area (Å²) in [6, 6.07) is 11.4. The molecule has 19 heavy (non-hydrogen) atoms. The normalized spacial score (nSPS) is 10.3. The summed E-state index contributed by atoms with van der Waals surface area (Å²) in [4.78, 5) is 8.63. The highest BCUT2D eigenvalue weighted by molar-refractivity contribution is 5.42. The molecule has 3 aromatic heterocycles. The number of aromatic nitrogens is 3. The molecule has 0 radical (unpaired) electrons. The molecule has 0 fully saturated rings. The van der Waals surface area contributed by atoms with Gasteiger partial charge in [0.15, 0.2) is 0 Å². The Balaban J connectivity index is 1.73. The summed E-state index contributed by atoms with van der Waals surface area (Å²) in [6.07, 6.45) is 5.49. The Labute approximate surface area is 110 Å². The lowest BCUT2D eigenvalue weighted by Gasteiger charge is -2.02. The number of fused-ring (bicyclic) bond motifs is 1. The highest BCUT2D eigenvalue weighted by atomic mass is 15.0. The van der Waals surface area contributed by atoms with Crippen LogP contribution in [0.15, 0.2) is 48.9 Å². The number of pyridine rings is 2. The Bertz CT molecular complexity index is 703. The van der Waals surface area contributed by atoms with Gasteiger partial charge in [-0.2, -0.15) is 5.26 Å². The van der Waals surface area contributed by atoms with Crippen LogP contribution in [0.25, 0.3) is 5.65 Å². The molecular formula is C14H11N5. The van der Waals surface area contributed by atoms with E-state index in [0.29, 0.717) is 12.1 Å². The second-order valence-corrected chi connectivity index (χ2v) is 4.10. The van der Waals surface area contributed by atoms with Crippen LogP contribution in [0, 0.1) is 11.3 Å². The molecule has 0 saturated carbocycles. The third kappa shape index (κ3) is 2.38. The van der Waals surface area contributed by atoms with Crippen LogP contribution in [-0.2, 0) is 6.54 Å². The summed E-state index contributed by atoms with van der Waals surface area (Å²) in [6.45, 7) is 0.598. The van der Waals surface area contributed by atoms with Gasteiger partial charge >= 0.3 is 0 Å². The van der Waals surface area contributed by atoms with Gasteiger partial charge in [0.1, 0.15) is 17.5 Å². The molecule has 0 aliphatic carbocycles. The number of anilines is 1. The fourth-order valence-electron chi connectivity index (χ4n) is 1.82. The van der Waals surface area contributed by atoms with Gasteiger partial charge in [0.2, 0.25) is 0 Å². The number of nitrogens with one attached hydrogen (secondary N) is 1. The van der Waals surface area contributed by atoms with Crippen molar-refractivity contribution in [2.24, 2.45) is 0 Å². The fraction of sp³-hybridized carbons (Fsp3) is 0.0714. The number of imidazole rings is 1.